The lowest BCUT2D eigenvalue weighted by Gasteiger charge is -2.14. The summed E-state index contributed by atoms with van der Waals surface area (Å²) in [5.74, 6) is 0. The highest BCUT2D eigenvalue weighted by Crippen LogP contribution is 2.43. The third-order valence-electron chi connectivity index (χ3n) is 10.1. The standard InChI is InChI=1S/C44H26N2O.2C2H6/c1-2-12-29-27(11-1)25-41(31-14-4-3-13-30(29)31)46-39-20-10-7-17-35(39)43-40(46)23-22-34-36-26-28(21-24-42(36)47-44(34)43)45-37-18-8-5-15-32(37)33-16-6-9-19-38(33)45;2*1-2/h1-26H;2*1-2H3. The van der Waals surface area contributed by atoms with Crippen LogP contribution < -0.4 is 0 Å². The number of fused-ring (bicyclic) bond motifs is 13. The highest BCUT2D eigenvalue weighted by Gasteiger charge is 2.21. The summed E-state index contributed by atoms with van der Waals surface area (Å²) < 4.78 is 11.6. The molecule has 0 aliphatic rings. The topological polar surface area (TPSA) is 23.0 Å². The van der Waals surface area contributed by atoms with Gasteiger partial charge in [-0.2, -0.15) is 0 Å². The summed E-state index contributed by atoms with van der Waals surface area (Å²) in [7, 11) is 0. The van der Waals surface area contributed by atoms with Crippen molar-refractivity contribution < 1.29 is 4.42 Å². The lowest BCUT2D eigenvalue weighted by atomic mass is 10.00. The van der Waals surface area contributed by atoms with E-state index in [1.807, 2.05) is 27.7 Å². The van der Waals surface area contributed by atoms with Crippen molar-refractivity contribution in [2.75, 3.05) is 0 Å². The molecule has 0 bridgehead atoms. The zero-order chi connectivity index (χ0) is 34.6. The Morgan fingerprint density at radius 1 is 0.373 bits per heavy atom. The highest BCUT2D eigenvalue weighted by molar-refractivity contribution is 6.25. The third-order valence-corrected chi connectivity index (χ3v) is 10.1. The molecule has 3 nitrogen and oxygen atoms in total. The van der Waals surface area contributed by atoms with Crippen LogP contribution in [-0.4, -0.2) is 9.13 Å². The van der Waals surface area contributed by atoms with Gasteiger partial charge in [-0.3, -0.25) is 0 Å². The second-order valence-corrected chi connectivity index (χ2v) is 12.5. The van der Waals surface area contributed by atoms with E-state index in [9.17, 15) is 0 Å². The second-order valence-electron chi connectivity index (χ2n) is 12.5. The maximum atomic E-state index is 6.81. The van der Waals surface area contributed by atoms with Crippen LogP contribution in [0.15, 0.2) is 162 Å². The molecule has 3 aromatic heterocycles. The van der Waals surface area contributed by atoms with E-state index in [4.69, 9.17) is 4.42 Å². The first-order chi connectivity index (χ1) is 25.3. The van der Waals surface area contributed by atoms with Crippen LogP contribution in [0.25, 0.3) is 98.5 Å². The van der Waals surface area contributed by atoms with Crippen LogP contribution in [-0.2, 0) is 0 Å². The molecule has 0 fully saturated rings. The molecule has 0 N–H and O–H groups in total. The Hall–Kier alpha value is -6.32. The summed E-state index contributed by atoms with van der Waals surface area (Å²) in [4.78, 5) is 0. The van der Waals surface area contributed by atoms with Gasteiger partial charge in [-0.15, -0.1) is 0 Å². The van der Waals surface area contributed by atoms with E-state index in [1.165, 1.54) is 59.9 Å². The van der Waals surface area contributed by atoms with Crippen LogP contribution in [0.5, 0.6) is 0 Å². The molecule has 246 valence electrons. The van der Waals surface area contributed by atoms with Crippen LogP contribution in [0.1, 0.15) is 27.7 Å². The van der Waals surface area contributed by atoms with E-state index >= 15 is 0 Å². The predicted molar refractivity (Wildman–Crippen MR) is 220 cm³/mol. The van der Waals surface area contributed by atoms with Gasteiger partial charge in [0, 0.05) is 38.0 Å². The van der Waals surface area contributed by atoms with E-state index in [1.54, 1.807) is 0 Å². The molecule has 0 saturated heterocycles. The smallest absolute Gasteiger partial charge is 0.145 e. The van der Waals surface area contributed by atoms with Crippen LogP contribution in [0.2, 0.25) is 0 Å². The lowest BCUT2D eigenvalue weighted by Crippen LogP contribution is -1.96. The fourth-order valence-corrected chi connectivity index (χ4v) is 8.09. The molecular weight excluding hydrogens is 621 g/mol. The summed E-state index contributed by atoms with van der Waals surface area (Å²) in [6.07, 6.45) is 0. The fourth-order valence-electron chi connectivity index (χ4n) is 8.09. The van der Waals surface area contributed by atoms with Gasteiger partial charge in [-0.05, 0) is 70.8 Å². The molecule has 0 aliphatic heterocycles. The molecule has 8 aromatic carbocycles. The number of hydrogen-bond acceptors (Lipinski definition) is 1. The van der Waals surface area contributed by atoms with E-state index in [0.717, 1.165) is 38.5 Å². The molecular formula is C48H38N2O. The average molecular weight is 659 g/mol. The van der Waals surface area contributed by atoms with Crippen LogP contribution in [0.3, 0.4) is 0 Å². The first-order valence-corrected chi connectivity index (χ1v) is 18.1. The van der Waals surface area contributed by atoms with Gasteiger partial charge in [-0.1, -0.05) is 131 Å². The molecule has 0 unspecified atom stereocenters. The van der Waals surface area contributed by atoms with Gasteiger partial charge in [0.2, 0.25) is 0 Å². The lowest BCUT2D eigenvalue weighted by molar-refractivity contribution is 0.673. The molecule has 0 spiro atoms. The Morgan fingerprint density at radius 3 is 1.61 bits per heavy atom. The molecule has 11 rings (SSSR count). The number of aromatic nitrogens is 2. The monoisotopic (exact) mass is 658 g/mol. The SMILES string of the molecule is CC.CC.c1ccc2c(c1)cc(-n1c3ccccc3c3c4oc5ccc(-n6c7ccccc7c7ccccc76)cc5c4ccc31)c1ccccc12. The van der Waals surface area contributed by atoms with Gasteiger partial charge in [0.15, 0.2) is 0 Å². The van der Waals surface area contributed by atoms with Crippen molar-refractivity contribution in [2.24, 2.45) is 0 Å². The zero-order valence-corrected chi connectivity index (χ0v) is 29.3. The van der Waals surface area contributed by atoms with Crippen molar-refractivity contribution in [1.82, 2.24) is 9.13 Å². The molecule has 0 atom stereocenters. The van der Waals surface area contributed by atoms with E-state index in [0.29, 0.717) is 0 Å². The average Bonchev–Trinajstić information content (AvgIpc) is 3.86. The molecule has 11 aromatic rings. The summed E-state index contributed by atoms with van der Waals surface area (Å²) in [5, 5.41) is 12.1. The molecule has 3 heteroatoms. The van der Waals surface area contributed by atoms with Crippen molar-refractivity contribution in [1.29, 1.82) is 0 Å². The van der Waals surface area contributed by atoms with Gasteiger partial charge >= 0.3 is 0 Å². The van der Waals surface area contributed by atoms with Crippen LogP contribution >= 0.6 is 0 Å². The first kappa shape index (κ1) is 30.7. The summed E-state index contributed by atoms with van der Waals surface area (Å²) >= 11 is 0. The van der Waals surface area contributed by atoms with Crippen molar-refractivity contribution in [3.8, 4) is 11.4 Å². The van der Waals surface area contributed by atoms with E-state index < -0.39 is 0 Å². The Bertz CT molecular complexity index is 3030. The van der Waals surface area contributed by atoms with Gasteiger partial charge in [0.05, 0.1) is 33.1 Å². The van der Waals surface area contributed by atoms with Crippen LogP contribution in [0.4, 0.5) is 0 Å². The minimum absolute atomic E-state index is 0.894. The molecule has 51 heavy (non-hydrogen) atoms. The Labute approximate surface area is 296 Å². The fraction of sp³-hybridized carbons (Fsp3) is 0.0833. The summed E-state index contributed by atoms with van der Waals surface area (Å²) in [5.41, 5.74) is 8.84. The second kappa shape index (κ2) is 12.2. The molecule has 0 aliphatic carbocycles. The number of rotatable bonds is 2. The Morgan fingerprint density at radius 2 is 0.922 bits per heavy atom. The first-order valence-electron chi connectivity index (χ1n) is 18.1. The molecule has 0 amide bonds. The minimum atomic E-state index is 0.894. The largest absolute Gasteiger partial charge is 0.455 e. The quantitative estimate of drug-likeness (QED) is 0.170. The maximum Gasteiger partial charge on any atom is 0.145 e. The number of nitrogens with zero attached hydrogens (tertiary/aromatic N) is 2. The van der Waals surface area contributed by atoms with Gasteiger partial charge in [-0.25, -0.2) is 0 Å². The van der Waals surface area contributed by atoms with E-state index in [2.05, 4.69) is 167 Å². The number of hydrogen-bond donors (Lipinski definition) is 0. The zero-order valence-electron chi connectivity index (χ0n) is 29.3. The Kier molecular flexibility index (Phi) is 7.36. The third kappa shape index (κ3) is 4.44. The van der Waals surface area contributed by atoms with Gasteiger partial charge in [0.1, 0.15) is 11.2 Å². The summed E-state index contributed by atoms with van der Waals surface area (Å²) in [6.45, 7) is 8.00. The number of benzene rings is 8. The molecule has 0 radical (unpaired) electrons. The highest BCUT2D eigenvalue weighted by atomic mass is 16.3. The normalized spacial score (nSPS) is 11.5. The molecule has 3 heterocycles. The Balaban J connectivity index is 0.000000843. The summed E-state index contributed by atoms with van der Waals surface area (Å²) in [6, 6.07) is 57.0. The van der Waals surface area contributed by atoms with Crippen LogP contribution in [0, 0.1) is 0 Å². The van der Waals surface area contributed by atoms with Crippen molar-refractivity contribution in [3.63, 3.8) is 0 Å². The predicted octanol–water partition coefficient (Wildman–Crippen LogP) is 14.1. The molecule has 0 saturated carbocycles. The maximum absolute atomic E-state index is 6.81. The number of para-hydroxylation sites is 3. The minimum Gasteiger partial charge on any atom is -0.455 e. The van der Waals surface area contributed by atoms with Gasteiger partial charge < -0.3 is 13.6 Å². The number of furan rings is 1. The van der Waals surface area contributed by atoms with Crippen molar-refractivity contribution >= 4 is 87.1 Å². The van der Waals surface area contributed by atoms with Gasteiger partial charge in [0.25, 0.3) is 0 Å². The van der Waals surface area contributed by atoms with E-state index in [-0.39, 0.29) is 0 Å². The van der Waals surface area contributed by atoms with Crippen molar-refractivity contribution in [3.05, 3.63) is 158 Å². The van der Waals surface area contributed by atoms with Crippen molar-refractivity contribution in [2.45, 2.75) is 27.7 Å².